The van der Waals surface area contributed by atoms with Gasteiger partial charge in [-0.2, -0.15) is 0 Å². The Hall–Kier alpha value is -0.420. The third-order valence-corrected chi connectivity index (χ3v) is 4.07. The van der Waals surface area contributed by atoms with E-state index in [9.17, 15) is 9.18 Å². The molecule has 0 spiro atoms. The molecule has 0 saturated carbocycles. The van der Waals surface area contributed by atoms with E-state index in [1.807, 2.05) is 0 Å². The lowest BCUT2D eigenvalue weighted by molar-refractivity contribution is 0.0996. The predicted molar refractivity (Wildman–Crippen MR) is 63.8 cm³/mol. The number of benzene rings is 1. The van der Waals surface area contributed by atoms with Crippen LogP contribution in [0.4, 0.5) is 4.39 Å². The first-order valence-corrected chi connectivity index (χ1v) is 6.21. The van der Waals surface area contributed by atoms with E-state index in [4.69, 9.17) is 4.74 Å². The number of carbonyl (C=O) groups is 1. The first-order valence-electron chi connectivity index (χ1n) is 4.17. The minimum absolute atomic E-state index is 0.176. The summed E-state index contributed by atoms with van der Waals surface area (Å²) in [6.07, 6.45) is 0. The van der Waals surface area contributed by atoms with E-state index >= 15 is 0 Å². The average Bonchev–Trinajstić information content (AvgIpc) is 2.26. The fraction of sp³-hybridized carbons (Fsp3) is 0.300. The van der Waals surface area contributed by atoms with Crippen LogP contribution in [0.1, 0.15) is 10.4 Å². The maximum Gasteiger partial charge on any atom is 0.177 e. The van der Waals surface area contributed by atoms with Crippen molar-refractivity contribution in [3.63, 3.8) is 0 Å². The zero-order chi connectivity index (χ0) is 11.4. The van der Waals surface area contributed by atoms with Crippen molar-refractivity contribution in [1.82, 2.24) is 0 Å². The molecule has 15 heavy (non-hydrogen) atoms. The zero-order valence-corrected chi connectivity index (χ0v) is 11.1. The van der Waals surface area contributed by atoms with E-state index in [1.54, 1.807) is 0 Å². The molecule has 0 amide bonds. The van der Waals surface area contributed by atoms with Gasteiger partial charge in [0.2, 0.25) is 0 Å². The smallest absolute Gasteiger partial charge is 0.177 e. The third-order valence-electron chi connectivity index (χ3n) is 1.81. The molecule has 0 aliphatic heterocycles. The minimum atomic E-state index is -0.480. The maximum atomic E-state index is 13.1. The molecule has 0 aliphatic rings. The molecule has 0 aromatic heterocycles. The Kier molecular flexibility index (Phi) is 4.73. The summed E-state index contributed by atoms with van der Waals surface area (Å²) in [4.78, 5) is 11.3. The summed E-state index contributed by atoms with van der Waals surface area (Å²) in [5.41, 5.74) is 0.299. The highest BCUT2D eigenvalue weighted by Gasteiger charge is 2.17. The van der Waals surface area contributed by atoms with Crippen molar-refractivity contribution in [3.05, 3.63) is 29.6 Å². The number of ether oxygens (including phenoxy) is 1. The van der Waals surface area contributed by atoms with Gasteiger partial charge in [-0.25, -0.2) is 4.39 Å². The van der Waals surface area contributed by atoms with E-state index in [0.717, 1.165) is 0 Å². The summed E-state index contributed by atoms with van der Waals surface area (Å²) in [6.45, 7) is 0. The first kappa shape index (κ1) is 12.6. The zero-order valence-electron chi connectivity index (χ0n) is 7.97. The summed E-state index contributed by atoms with van der Waals surface area (Å²) in [5, 5.41) is 0.477. The Morgan fingerprint density at radius 2 is 2.20 bits per heavy atom. The molecule has 5 heteroatoms. The maximum absolute atomic E-state index is 13.1. The van der Waals surface area contributed by atoms with E-state index < -0.39 is 5.82 Å². The summed E-state index contributed by atoms with van der Waals surface area (Å²) in [7, 11) is 1.43. The van der Waals surface area contributed by atoms with Crippen molar-refractivity contribution in [2.75, 3.05) is 12.4 Å². The molecule has 0 radical (unpaired) electrons. The van der Waals surface area contributed by atoms with Crippen LogP contribution < -0.4 is 4.74 Å². The van der Waals surface area contributed by atoms with Crippen molar-refractivity contribution in [1.29, 1.82) is 0 Å². The largest absolute Gasteiger partial charge is 0.497 e. The van der Waals surface area contributed by atoms with Gasteiger partial charge < -0.3 is 4.74 Å². The molecule has 82 valence electrons. The summed E-state index contributed by atoms with van der Waals surface area (Å²) < 4.78 is 18.0. The molecular weight excluding hydrogens is 331 g/mol. The van der Waals surface area contributed by atoms with Gasteiger partial charge in [-0.3, -0.25) is 4.79 Å². The second-order valence-corrected chi connectivity index (χ2v) is 4.62. The van der Waals surface area contributed by atoms with Crippen LogP contribution in [0, 0.1) is 5.82 Å². The van der Waals surface area contributed by atoms with Crippen molar-refractivity contribution < 1.29 is 13.9 Å². The molecular formula is C10H9Br2FO2. The van der Waals surface area contributed by atoms with Gasteiger partial charge in [0.1, 0.15) is 11.6 Å². The number of hydrogen-bond acceptors (Lipinski definition) is 2. The standard InChI is InChI=1S/C10H9Br2FO2/c1-15-8-3-6(2-7(13)4-8)10(14)9(12)5-11/h2-4,9H,5H2,1H3. The fourth-order valence-corrected chi connectivity index (χ4v) is 1.63. The van der Waals surface area contributed by atoms with Gasteiger partial charge in [0, 0.05) is 17.0 Å². The molecule has 0 saturated heterocycles. The van der Waals surface area contributed by atoms with Crippen LogP contribution in [-0.4, -0.2) is 23.1 Å². The fourth-order valence-electron chi connectivity index (χ4n) is 1.07. The van der Waals surface area contributed by atoms with Gasteiger partial charge in [-0.05, 0) is 12.1 Å². The Morgan fingerprint density at radius 1 is 1.53 bits per heavy atom. The lowest BCUT2D eigenvalue weighted by Gasteiger charge is -2.07. The molecule has 2 nitrogen and oxygen atoms in total. The summed E-state index contributed by atoms with van der Waals surface area (Å²) >= 11 is 6.36. The summed E-state index contributed by atoms with van der Waals surface area (Å²) in [5.74, 6) is -0.315. The molecule has 0 bridgehead atoms. The van der Waals surface area contributed by atoms with Crippen molar-refractivity contribution >= 4 is 37.6 Å². The van der Waals surface area contributed by atoms with Gasteiger partial charge in [-0.1, -0.05) is 31.9 Å². The van der Waals surface area contributed by atoms with E-state index in [2.05, 4.69) is 31.9 Å². The molecule has 1 atom stereocenters. The Balaban J connectivity index is 3.03. The number of methoxy groups -OCH3 is 1. The highest BCUT2D eigenvalue weighted by Crippen LogP contribution is 2.19. The van der Waals surface area contributed by atoms with Crippen LogP contribution in [0.25, 0.3) is 0 Å². The number of halogens is 3. The second-order valence-electron chi connectivity index (χ2n) is 2.87. The van der Waals surface area contributed by atoms with Crippen LogP contribution in [0.15, 0.2) is 18.2 Å². The molecule has 1 unspecified atom stereocenters. The Bertz CT molecular complexity index is 368. The highest BCUT2D eigenvalue weighted by atomic mass is 79.9. The van der Waals surface area contributed by atoms with Gasteiger partial charge in [0.05, 0.1) is 11.9 Å². The van der Waals surface area contributed by atoms with Crippen LogP contribution in [-0.2, 0) is 0 Å². The molecule has 0 N–H and O–H groups in total. The van der Waals surface area contributed by atoms with Crippen LogP contribution in [0.3, 0.4) is 0 Å². The van der Waals surface area contributed by atoms with Crippen LogP contribution >= 0.6 is 31.9 Å². The van der Waals surface area contributed by atoms with Crippen LogP contribution in [0.5, 0.6) is 5.75 Å². The number of ketones is 1. The summed E-state index contributed by atoms with van der Waals surface area (Å²) in [6, 6.07) is 3.94. The van der Waals surface area contributed by atoms with Gasteiger partial charge in [-0.15, -0.1) is 0 Å². The lowest BCUT2D eigenvalue weighted by Crippen LogP contribution is -2.15. The van der Waals surface area contributed by atoms with Crippen molar-refractivity contribution in [2.45, 2.75) is 4.83 Å². The quantitative estimate of drug-likeness (QED) is 0.622. The number of rotatable bonds is 4. The molecule has 0 heterocycles. The van der Waals surface area contributed by atoms with Gasteiger partial charge in [0.15, 0.2) is 5.78 Å². The van der Waals surface area contributed by atoms with Gasteiger partial charge in [0.25, 0.3) is 0 Å². The number of Topliss-reactive ketones (excluding diaryl/α,β-unsaturated/α-hetero) is 1. The normalized spacial score (nSPS) is 12.3. The Morgan fingerprint density at radius 3 is 2.73 bits per heavy atom. The molecule has 1 aromatic carbocycles. The second kappa shape index (κ2) is 5.61. The van der Waals surface area contributed by atoms with E-state index in [-0.39, 0.29) is 10.6 Å². The molecule has 0 fully saturated rings. The monoisotopic (exact) mass is 338 g/mol. The Labute approximate surface area is 104 Å². The van der Waals surface area contributed by atoms with Crippen molar-refractivity contribution in [3.8, 4) is 5.75 Å². The number of hydrogen-bond donors (Lipinski definition) is 0. The molecule has 1 rings (SSSR count). The lowest BCUT2D eigenvalue weighted by atomic mass is 10.1. The van der Waals surface area contributed by atoms with Crippen LogP contribution in [0.2, 0.25) is 0 Å². The number of carbonyl (C=O) groups excluding carboxylic acids is 1. The predicted octanol–water partition coefficient (Wildman–Crippen LogP) is 3.18. The van der Waals surface area contributed by atoms with Crippen molar-refractivity contribution in [2.24, 2.45) is 0 Å². The first-order chi connectivity index (χ1) is 7.08. The average molecular weight is 340 g/mol. The van der Waals surface area contributed by atoms with E-state index in [1.165, 1.54) is 25.3 Å². The third kappa shape index (κ3) is 3.28. The SMILES string of the molecule is COc1cc(F)cc(C(=O)C(Br)CBr)c1. The number of alkyl halides is 2. The topological polar surface area (TPSA) is 26.3 Å². The van der Waals surface area contributed by atoms with Gasteiger partial charge >= 0.3 is 0 Å². The van der Waals surface area contributed by atoms with E-state index in [0.29, 0.717) is 16.6 Å². The molecule has 1 aromatic rings. The molecule has 0 aliphatic carbocycles. The minimum Gasteiger partial charge on any atom is -0.497 e. The highest BCUT2D eigenvalue weighted by molar-refractivity contribution is 9.12.